The highest BCUT2D eigenvalue weighted by atomic mass is 19.4. The molecule has 1 aliphatic carbocycles. The van der Waals surface area contributed by atoms with Crippen molar-refractivity contribution in [1.29, 1.82) is 0 Å². The Bertz CT molecular complexity index is 6050. The number of nitrogens with zero attached hydrogens (tertiary/aromatic N) is 13. The molecule has 0 atom stereocenters. The highest BCUT2D eigenvalue weighted by Gasteiger charge is 2.34. The van der Waals surface area contributed by atoms with Crippen molar-refractivity contribution >= 4 is 0 Å². The molecule has 0 N–H and O–H groups in total. The maximum Gasteiger partial charge on any atom is 0.433 e. The summed E-state index contributed by atoms with van der Waals surface area (Å²) in [6.45, 7) is 4.05. The van der Waals surface area contributed by atoms with Crippen LogP contribution in [0.1, 0.15) is 72.8 Å². The lowest BCUT2D eigenvalue weighted by Gasteiger charge is -2.17. The number of pyridine rings is 7. The third-order valence-electron chi connectivity index (χ3n) is 18.7. The zero-order chi connectivity index (χ0) is 89.6. The average molecular weight is 1730 g/mol. The number of hydrogen-bond donors (Lipinski definition) is 0. The lowest BCUT2D eigenvalue weighted by Crippen LogP contribution is -2.09. The van der Waals surface area contributed by atoms with Crippen LogP contribution in [0.15, 0.2) is 269 Å². The fraction of sp³-hybridized carbons (Fsp3) is 0.172. The van der Waals surface area contributed by atoms with Crippen molar-refractivity contribution in [2.24, 2.45) is 0 Å². The molecule has 0 unspecified atom stereocenters. The molecule has 0 saturated carbocycles. The van der Waals surface area contributed by atoms with E-state index >= 15 is 0 Å². The van der Waals surface area contributed by atoms with Crippen LogP contribution in [0, 0.1) is 18.6 Å². The van der Waals surface area contributed by atoms with Gasteiger partial charge in [-0.15, -0.1) is 0 Å². The van der Waals surface area contributed by atoms with Gasteiger partial charge in [0.2, 0.25) is 29.4 Å². The summed E-state index contributed by atoms with van der Waals surface area (Å²) in [4.78, 5) is 52.7. The molecule has 1 aliphatic rings. The number of rotatable bonds is 22. The predicted octanol–water partition coefficient (Wildman–Crippen LogP) is 23.7. The second-order valence-electron chi connectivity index (χ2n) is 27.5. The van der Waals surface area contributed by atoms with Gasteiger partial charge in [0.15, 0.2) is 11.6 Å². The Balaban J connectivity index is 0.000000143. The first-order valence-corrected chi connectivity index (χ1v) is 38.3. The van der Waals surface area contributed by atoms with Gasteiger partial charge in [-0.25, -0.2) is 71.2 Å². The number of ether oxygens (including phenoxy) is 9. The molecule has 15 aromatic rings. The van der Waals surface area contributed by atoms with Crippen molar-refractivity contribution in [3.8, 4) is 137 Å². The van der Waals surface area contributed by atoms with Gasteiger partial charge in [-0.2, -0.15) is 22.0 Å². The van der Waals surface area contributed by atoms with Gasteiger partial charge in [-0.3, -0.25) is 19.9 Å². The molecule has 0 spiro atoms. The van der Waals surface area contributed by atoms with Crippen LogP contribution in [0.5, 0.6) is 81.1 Å². The summed E-state index contributed by atoms with van der Waals surface area (Å²) in [5, 5.41) is 0. The van der Waals surface area contributed by atoms with Crippen molar-refractivity contribution < 1.29 is 90.9 Å². The van der Waals surface area contributed by atoms with Gasteiger partial charge < -0.3 is 42.6 Å². The molecule has 33 heteroatoms. The van der Waals surface area contributed by atoms with Crippen LogP contribution in [0.2, 0.25) is 0 Å². The summed E-state index contributed by atoms with van der Waals surface area (Å²) < 4.78 is 196. The highest BCUT2D eigenvalue weighted by Crippen LogP contribution is 2.44. The maximum absolute atomic E-state index is 14.2. The third kappa shape index (κ3) is 23.3. The van der Waals surface area contributed by atoms with E-state index in [2.05, 4.69) is 76.9 Å². The second-order valence-corrected chi connectivity index (χ2v) is 27.5. The van der Waals surface area contributed by atoms with Gasteiger partial charge in [-0.05, 0) is 171 Å². The van der Waals surface area contributed by atoms with E-state index in [0.717, 1.165) is 84.3 Å². The first-order chi connectivity index (χ1) is 60.6. The summed E-state index contributed by atoms with van der Waals surface area (Å²) in [5.41, 5.74) is 7.93. The Morgan fingerprint density at radius 1 is 0.302 bits per heavy atom. The van der Waals surface area contributed by atoms with Crippen molar-refractivity contribution in [2.75, 3.05) is 28.4 Å². The van der Waals surface area contributed by atoms with Crippen molar-refractivity contribution in [2.45, 2.75) is 77.3 Å². The number of methoxy groups -OCH3 is 4. The standard InChI is InChI=1S/C20H19N3O2.C19H15F3N2O2.C19H15F3N2O.C18H15F2N3O2.C17H12F3N3O2/c1-24-18-8-9-21-13-17(18)19-20(23-11-10-22-19)25-16-7-6-14-4-2-3-5-15(14)12-16;1-19(21,22)15-6-5-12(10-16(15)20)26-18-13(4-3-8-24-18)14-11-23-9-7-17(14)25-2;1-12-7-9-23-11-15(12)14-4-3-8-24-18(14)25-17-6-5-13(10-16(17)20)19(2,21)22;1-18(19,20)16-8-7-12(9-22-16)25-17-14(10-21-11-23-17)13-5-3-4-6-15(13)24-2;1-24-14-5-3-2-4-12(14)13-9-21-10-23-16(13)25-11-6-7-15(22-8-11)17(18,19)20/h6-13H,2-5H2,1H3;3-11H,1-2H3;2*3-11H,1-2H3;2-10H,1H3. The number of benzene rings is 5. The summed E-state index contributed by atoms with van der Waals surface area (Å²) in [6, 6.07) is 44.1. The van der Waals surface area contributed by atoms with Crippen LogP contribution in [0.25, 0.3) is 55.8 Å². The van der Waals surface area contributed by atoms with Gasteiger partial charge in [0.05, 0.1) is 63.1 Å². The van der Waals surface area contributed by atoms with E-state index in [1.807, 2.05) is 55.5 Å². The number of para-hydroxylation sites is 2. The fourth-order valence-corrected chi connectivity index (χ4v) is 12.5. The fourth-order valence-electron chi connectivity index (χ4n) is 12.5. The Morgan fingerprint density at radius 3 is 1.30 bits per heavy atom. The molecule has 126 heavy (non-hydrogen) atoms. The molecule has 0 bridgehead atoms. The van der Waals surface area contributed by atoms with Crippen LogP contribution in [-0.4, -0.2) is 93.2 Å². The first-order valence-electron chi connectivity index (χ1n) is 38.3. The first kappa shape index (κ1) is 90.1. The van der Waals surface area contributed by atoms with E-state index in [9.17, 15) is 48.3 Å². The van der Waals surface area contributed by atoms with Gasteiger partial charge >= 0.3 is 6.18 Å². The van der Waals surface area contributed by atoms with E-state index in [-0.39, 0.29) is 46.5 Å². The van der Waals surface area contributed by atoms with Crippen LogP contribution in [0.4, 0.5) is 48.3 Å². The molecule has 10 heterocycles. The SMILES string of the molecule is COc1ccccc1-c1cncnc1Oc1ccc(C(C)(F)F)nc1.COc1ccccc1-c1cncnc1Oc1ccc(C(F)(F)F)nc1.COc1ccncc1-c1cccnc1Oc1ccc(C(C)(F)F)c(F)c1.COc1ccncc1-c1nccnc1Oc1ccc2c(c1)CCCC2.Cc1ccncc1-c1cccnc1Oc1ccc(C(C)(F)F)cc1F. The summed E-state index contributed by atoms with van der Waals surface area (Å²) >= 11 is 0. The maximum atomic E-state index is 14.2. The average Bonchev–Trinajstić information content (AvgIpc) is 0.808. The van der Waals surface area contributed by atoms with Gasteiger partial charge in [-0.1, -0.05) is 42.5 Å². The largest absolute Gasteiger partial charge is 0.496 e. The molecule has 0 amide bonds. The second kappa shape index (κ2) is 41.1. The number of aromatic nitrogens is 13. The van der Waals surface area contributed by atoms with E-state index in [1.54, 1.807) is 119 Å². The van der Waals surface area contributed by atoms with Gasteiger partial charge in [0.1, 0.15) is 81.5 Å². The lowest BCUT2D eigenvalue weighted by atomic mass is 9.92. The van der Waals surface area contributed by atoms with Crippen LogP contribution in [0.3, 0.4) is 0 Å². The number of fused-ring (bicyclic) bond motifs is 1. The monoisotopic (exact) mass is 1730 g/mol. The molecular formula is C93H76F11N13O9. The highest BCUT2D eigenvalue weighted by molar-refractivity contribution is 5.77. The number of alkyl halides is 9. The molecule has 0 radical (unpaired) electrons. The van der Waals surface area contributed by atoms with E-state index in [1.165, 1.54) is 106 Å². The summed E-state index contributed by atoms with van der Waals surface area (Å²) in [6.07, 6.45) is 24.4. The van der Waals surface area contributed by atoms with E-state index < -0.39 is 52.4 Å². The summed E-state index contributed by atoms with van der Waals surface area (Å²) in [5.74, 6) is -6.51. The molecule has 22 nitrogen and oxygen atoms in total. The van der Waals surface area contributed by atoms with Crippen molar-refractivity contribution in [3.63, 3.8) is 0 Å². The molecule has 16 rings (SSSR count). The quantitative estimate of drug-likeness (QED) is 0.0572. The minimum atomic E-state index is -4.50. The Labute approximate surface area is 715 Å². The number of halogens is 11. The Hall–Kier alpha value is -15.2. The molecule has 0 saturated heterocycles. The lowest BCUT2D eigenvalue weighted by molar-refractivity contribution is -0.141. The van der Waals surface area contributed by atoms with Gasteiger partial charge in [0.25, 0.3) is 17.8 Å². The van der Waals surface area contributed by atoms with Crippen molar-refractivity contribution in [3.05, 3.63) is 320 Å². The molecule has 10 aromatic heterocycles. The zero-order valence-electron chi connectivity index (χ0n) is 68.4. The van der Waals surface area contributed by atoms with Gasteiger partial charge in [0, 0.05) is 140 Å². The van der Waals surface area contributed by atoms with E-state index in [0.29, 0.717) is 87.5 Å². The zero-order valence-corrected chi connectivity index (χ0v) is 68.4. The Kier molecular flexibility index (Phi) is 29.4. The minimum absolute atomic E-state index is 0.0540. The van der Waals surface area contributed by atoms with Crippen molar-refractivity contribution in [1.82, 2.24) is 64.8 Å². The molecule has 5 aromatic carbocycles. The smallest absolute Gasteiger partial charge is 0.433 e. The topological polar surface area (TPSA) is 251 Å². The minimum Gasteiger partial charge on any atom is -0.496 e. The van der Waals surface area contributed by atoms with Crippen LogP contribution < -0.4 is 42.6 Å². The third-order valence-corrected chi connectivity index (χ3v) is 18.7. The molecule has 644 valence electrons. The van der Waals surface area contributed by atoms with Crippen LogP contribution >= 0.6 is 0 Å². The number of hydrogen-bond acceptors (Lipinski definition) is 22. The van der Waals surface area contributed by atoms with E-state index in [4.69, 9.17) is 42.6 Å². The predicted molar refractivity (Wildman–Crippen MR) is 445 cm³/mol. The molecule has 0 aliphatic heterocycles. The molecular weight excluding hydrogens is 1650 g/mol. The molecule has 0 fully saturated rings. The Morgan fingerprint density at radius 2 is 0.762 bits per heavy atom. The van der Waals surface area contributed by atoms with Crippen LogP contribution in [-0.2, 0) is 36.8 Å². The summed E-state index contributed by atoms with van der Waals surface area (Å²) in [7, 11) is 6.24. The normalized spacial score (nSPS) is 11.6. The number of aryl methyl sites for hydroxylation is 3.